The topological polar surface area (TPSA) is 105 Å². The molecule has 6 heteroatoms. The average molecular weight is 344 g/mol. The summed E-state index contributed by atoms with van der Waals surface area (Å²) in [6, 6.07) is 13.8. The van der Waals surface area contributed by atoms with Gasteiger partial charge in [-0.15, -0.1) is 0 Å². The molecule has 0 spiro atoms. The number of β-amino-alcohol motifs (C(OH)–C–C–N with tert-alkyl or cyclic N) is 1. The van der Waals surface area contributed by atoms with Crippen LogP contribution < -0.4 is 15.8 Å². The zero-order chi connectivity index (χ0) is 18.4. The fraction of sp³-hybridized carbons (Fsp3) is 0.316. The fourth-order valence-electron chi connectivity index (χ4n) is 2.28. The van der Waals surface area contributed by atoms with Gasteiger partial charge in [-0.3, -0.25) is 4.79 Å². The van der Waals surface area contributed by atoms with E-state index >= 15 is 0 Å². The number of aliphatic hydroxyl groups is 1. The smallest absolute Gasteiger partial charge is 0.252 e. The molecule has 0 saturated heterocycles. The molecule has 0 fully saturated rings. The minimum Gasteiger partial charge on any atom is -0.507 e. The van der Waals surface area contributed by atoms with E-state index in [4.69, 9.17) is 10.5 Å². The van der Waals surface area contributed by atoms with Gasteiger partial charge in [-0.2, -0.15) is 0 Å². The number of nitrogens with one attached hydrogen (secondary N) is 1. The Labute approximate surface area is 147 Å². The van der Waals surface area contributed by atoms with E-state index in [9.17, 15) is 15.0 Å². The number of rotatable bonds is 8. The number of aromatic hydroxyl groups is 1. The lowest BCUT2D eigenvalue weighted by atomic mass is 10.0. The van der Waals surface area contributed by atoms with Gasteiger partial charge in [0.1, 0.15) is 18.1 Å². The minimum atomic E-state index is -0.716. The highest BCUT2D eigenvalue weighted by molar-refractivity contribution is 5.95. The number of phenols is 1. The van der Waals surface area contributed by atoms with Crippen molar-refractivity contribution in [3.8, 4) is 11.5 Å². The maximum Gasteiger partial charge on any atom is 0.252 e. The second-order valence-corrected chi connectivity index (χ2v) is 6.52. The molecule has 0 aromatic heterocycles. The van der Waals surface area contributed by atoms with Crippen LogP contribution in [-0.4, -0.2) is 34.8 Å². The molecule has 0 heterocycles. The molecule has 1 amide bonds. The van der Waals surface area contributed by atoms with Crippen molar-refractivity contribution in [1.82, 2.24) is 5.32 Å². The first-order valence-corrected chi connectivity index (χ1v) is 8.02. The first-order chi connectivity index (χ1) is 11.8. The Morgan fingerprint density at radius 2 is 1.92 bits per heavy atom. The first-order valence-electron chi connectivity index (χ1n) is 8.02. The van der Waals surface area contributed by atoms with Crippen LogP contribution in [0.25, 0.3) is 0 Å². The van der Waals surface area contributed by atoms with E-state index in [-0.39, 0.29) is 11.3 Å². The molecule has 0 aliphatic carbocycles. The van der Waals surface area contributed by atoms with Gasteiger partial charge in [0.15, 0.2) is 0 Å². The number of nitrogens with two attached hydrogens (primary N) is 1. The number of ether oxygens (including phenoxy) is 1. The number of amides is 1. The summed E-state index contributed by atoms with van der Waals surface area (Å²) in [5, 5.41) is 23.1. The highest BCUT2D eigenvalue weighted by atomic mass is 16.5. The van der Waals surface area contributed by atoms with Gasteiger partial charge in [0.05, 0.1) is 11.7 Å². The van der Waals surface area contributed by atoms with Crippen molar-refractivity contribution in [3.63, 3.8) is 0 Å². The summed E-state index contributed by atoms with van der Waals surface area (Å²) in [6.07, 6.45) is -0.615. The summed E-state index contributed by atoms with van der Waals surface area (Å²) in [5.74, 6) is -0.459. The van der Waals surface area contributed by atoms with Gasteiger partial charge in [0, 0.05) is 12.1 Å². The lowest BCUT2D eigenvalue weighted by Gasteiger charge is -2.28. The number of carbonyl (C=O) groups is 1. The fourth-order valence-corrected chi connectivity index (χ4v) is 2.28. The average Bonchev–Trinajstić information content (AvgIpc) is 2.59. The molecule has 1 atom stereocenters. The molecular formula is C19H24N2O4. The van der Waals surface area contributed by atoms with Crippen LogP contribution in [0.1, 0.15) is 35.9 Å². The van der Waals surface area contributed by atoms with Crippen LogP contribution in [0.2, 0.25) is 0 Å². The number of aliphatic hydroxyl groups excluding tert-OH is 1. The highest BCUT2D eigenvalue weighted by Crippen LogP contribution is 2.23. The molecule has 5 N–H and O–H groups in total. The van der Waals surface area contributed by atoms with Crippen molar-refractivity contribution in [1.29, 1.82) is 0 Å². The summed E-state index contributed by atoms with van der Waals surface area (Å²) >= 11 is 0. The van der Waals surface area contributed by atoms with E-state index in [1.54, 1.807) is 6.07 Å². The van der Waals surface area contributed by atoms with Crippen LogP contribution in [0.4, 0.5) is 0 Å². The Morgan fingerprint density at radius 1 is 1.24 bits per heavy atom. The molecule has 1 unspecified atom stereocenters. The third-order valence-corrected chi connectivity index (χ3v) is 3.79. The standard InChI is InChI=1S/C19H24N2O4/c1-19(2,21-11-17(23)13-6-4-3-5-7-13)12-25-14-8-9-16(22)15(10-14)18(20)24/h3-10,17,21-23H,11-12H2,1-2H3,(H2,20,24). The lowest BCUT2D eigenvalue weighted by Crippen LogP contribution is -2.46. The molecule has 0 bridgehead atoms. The molecular weight excluding hydrogens is 320 g/mol. The van der Waals surface area contributed by atoms with Crippen LogP contribution in [0.15, 0.2) is 48.5 Å². The second-order valence-electron chi connectivity index (χ2n) is 6.52. The number of carbonyl (C=O) groups excluding carboxylic acids is 1. The summed E-state index contributed by atoms with van der Waals surface area (Å²) < 4.78 is 5.69. The van der Waals surface area contributed by atoms with Gasteiger partial charge in [-0.25, -0.2) is 0 Å². The predicted molar refractivity (Wildman–Crippen MR) is 95.6 cm³/mol. The van der Waals surface area contributed by atoms with Crippen LogP contribution in [0.3, 0.4) is 0 Å². The monoisotopic (exact) mass is 344 g/mol. The summed E-state index contributed by atoms with van der Waals surface area (Å²) in [6.45, 7) is 4.57. The zero-order valence-electron chi connectivity index (χ0n) is 14.4. The zero-order valence-corrected chi connectivity index (χ0v) is 14.4. The van der Waals surface area contributed by atoms with Crippen molar-refractivity contribution in [2.75, 3.05) is 13.2 Å². The molecule has 134 valence electrons. The van der Waals surface area contributed by atoms with Crippen LogP contribution in [0, 0.1) is 0 Å². The minimum absolute atomic E-state index is 0.0164. The molecule has 0 saturated carbocycles. The quantitative estimate of drug-likeness (QED) is 0.586. The Hall–Kier alpha value is -2.57. The largest absolute Gasteiger partial charge is 0.507 e. The Morgan fingerprint density at radius 3 is 2.56 bits per heavy atom. The van der Waals surface area contributed by atoms with Gasteiger partial charge < -0.3 is 26.0 Å². The normalized spacial score (nSPS) is 12.6. The van der Waals surface area contributed by atoms with Crippen molar-refractivity contribution < 1.29 is 19.7 Å². The van der Waals surface area contributed by atoms with Crippen molar-refractivity contribution >= 4 is 5.91 Å². The Balaban J connectivity index is 1.91. The number of hydrogen-bond acceptors (Lipinski definition) is 5. The van der Waals surface area contributed by atoms with E-state index < -0.39 is 17.6 Å². The summed E-state index contributed by atoms with van der Waals surface area (Å²) in [5.41, 5.74) is 5.65. The van der Waals surface area contributed by atoms with Crippen molar-refractivity contribution in [2.24, 2.45) is 5.73 Å². The summed E-state index contributed by atoms with van der Waals surface area (Å²) in [7, 11) is 0. The molecule has 6 nitrogen and oxygen atoms in total. The van der Waals surface area contributed by atoms with Gasteiger partial charge in [0.2, 0.25) is 0 Å². The van der Waals surface area contributed by atoms with Crippen LogP contribution in [0.5, 0.6) is 11.5 Å². The number of primary amides is 1. The third kappa shape index (κ3) is 5.48. The van der Waals surface area contributed by atoms with Crippen molar-refractivity contribution in [3.05, 3.63) is 59.7 Å². The van der Waals surface area contributed by atoms with Crippen molar-refractivity contribution in [2.45, 2.75) is 25.5 Å². The molecule has 0 radical (unpaired) electrons. The third-order valence-electron chi connectivity index (χ3n) is 3.79. The molecule has 0 aliphatic heterocycles. The lowest BCUT2D eigenvalue weighted by molar-refractivity contribution is 0.0997. The van der Waals surface area contributed by atoms with E-state index in [1.165, 1.54) is 12.1 Å². The molecule has 0 aliphatic rings. The Bertz CT molecular complexity index is 717. The van der Waals surface area contributed by atoms with E-state index in [1.807, 2.05) is 44.2 Å². The first kappa shape index (κ1) is 18.8. The molecule has 2 aromatic carbocycles. The predicted octanol–water partition coefficient (Wildman–Crippen LogP) is 1.97. The molecule has 2 rings (SSSR count). The van der Waals surface area contributed by atoms with E-state index in [0.717, 1.165) is 5.56 Å². The van der Waals surface area contributed by atoms with Gasteiger partial charge in [0.25, 0.3) is 5.91 Å². The maximum atomic E-state index is 11.3. The van der Waals surface area contributed by atoms with Gasteiger partial charge in [-0.1, -0.05) is 30.3 Å². The second kappa shape index (κ2) is 8.00. The number of hydrogen-bond donors (Lipinski definition) is 4. The van der Waals surface area contributed by atoms with E-state index in [2.05, 4.69) is 5.32 Å². The SMILES string of the molecule is CC(C)(COc1ccc(O)c(C(N)=O)c1)NCC(O)c1ccccc1. The highest BCUT2D eigenvalue weighted by Gasteiger charge is 2.20. The molecule has 2 aromatic rings. The Kier molecular flexibility index (Phi) is 6.01. The number of benzene rings is 2. The summed E-state index contributed by atoms with van der Waals surface area (Å²) in [4.78, 5) is 11.3. The van der Waals surface area contributed by atoms with E-state index in [0.29, 0.717) is 18.9 Å². The van der Waals surface area contributed by atoms with Gasteiger partial charge in [-0.05, 0) is 37.6 Å². The van der Waals surface area contributed by atoms with Gasteiger partial charge >= 0.3 is 0 Å². The van der Waals surface area contributed by atoms with Crippen LogP contribution >= 0.6 is 0 Å². The molecule has 25 heavy (non-hydrogen) atoms. The van der Waals surface area contributed by atoms with Crippen LogP contribution in [-0.2, 0) is 0 Å². The maximum absolute atomic E-state index is 11.3.